The maximum atomic E-state index is 13.3. The second kappa shape index (κ2) is 12.7. The van der Waals surface area contributed by atoms with Gasteiger partial charge in [-0.2, -0.15) is 5.10 Å². The highest BCUT2D eigenvalue weighted by Crippen LogP contribution is 2.23. The van der Waals surface area contributed by atoms with Crippen molar-refractivity contribution in [3.8, 4) is 5.75 Å². The summed E-state index contributed by atoms with van der Waals surface area (Å²) in [6.45, 7) is 5.08. The smallest absolute Gasteiger partial charge is 0.264 e. The Labute approximate surface area is 217 Å². The van der Waals surface area contributed by atoms with Crippen molar-refractivity contribution in [1.29, 1.82) is 0 Å². The molecule has 3 rings (SSSR count). The molecule has 0 fully saturated rings. The highest BCUT2D eigenvalue weighted by molar-refractivity contribution is 7.92. The summed E-state index contributed by atoms with van der Waals surface area (Å²) in [5, 5.41) is 6.68. The minimum Gasteiger partial charge on any atom is -0.484 e. The van der Waals surface area contributed by atoms with E-state index >= 15 is 0 Å². The zero-order chi connectivity index (χ0) is 26.8. The Hall–Kier alpha value is -4.18. The predicted molar refractivity (Wildman–Crippen MR) is 143 cm³/mol. The van der Waals surface area contributed by atoms with Crippen LogP contribution >= 0.6 is 0 Å². The van der Waals surface area contributed by atoms with E-state index < -0.39 is 22.5 Å². The van der Waals surface area contributed by atoms with Crippen molar-refractivity contribution in [2.75, 3.05) is 17.5 Å². The summed E-state index contributed by atoms with van der Waals surface area (Å²) in [6, 6.07) is 21.6. The molecule has 0 atom stereocenters. The molecule has 3 aromatic carbocycles. The van der Waals surface area contributed by atoms with Gasteiger partial charge < -0.3 is 10.1 Å². The third-order valence-corrected chi connectivity index (χ3v) is 6.83. The van der Waals surface area contributed by atoms with Gasteiger partial charge >= 0.3 is 0 Å². The fourth-order valence-electron chi connectivity index (χ4n) is 3.25. The number of benzene rings is 3. The van der Waals surface area contributed by atoms with Crippen molar-refractivity contribution in [1.82, 2.24) is 10.7 Å². The maximum Gasteiger partial charge on any atom is 0.264 e. The summed E-state index contributed by atoms with van der Waals surface area (Å²) in [5.41, 5.74) is 4.38. The van der Waals surface area contributed by atoms with E-state index in [-0.39, 0.29) is 23.5 Å². The van der Waals surface area contributed by atoms with E-state index in [4.69, 9.17) is 4.74 Å². The number of hydrogen-bond donors (Lipinski definition) is 2. The number of carbonyl (C=O) groups excluding carboxylic acids is 2. The highest BCUT2D eigenvalue weighted by Gasteiger charge is 2.27. The molecule has 194 valence electrons. The molecule has 0 unspecified atom stereocenters. The molecular weight excluding hydrogens is 492 g/mol. The maximum absolute atomic E-state index is 13.3. The fraction of sp³-hybridized carbons (Fsp3) is 0.222. The van der Waals surface area contributed by atoms with Crippen molar-refractivity contribution in [2.45, 2.75) is 31.7 Å². The predicted octanol–water partition coefficient (Wildman–Crippen LogP) is 3.24. The van der Waals surface area contributed by atoms with E-state index in [1.165, 1.54) is 18.3 Å². The highest BCUT2D eigenvalue weighted by atomic mass is 32.2. The number of hydrazone groups is 1. The molecule has 0 aromatic heterocycles. The van der Waals surface area contributed by atoms with Gasteiger partial charge in [-0.1, -0.05) is 35.9 Å². The molecule has 0 radical (unpaired) electrons. The lowest BCUT2D eigenvalue weighted by Crippen LogP contribution is -2.39. The Morgan fingerprint density at radius 3 is 2.22 bits per heavy atom. The van der Waals surface area contributed by atoms with Crippen LogP contribution in [0.3, 0.4) is 0 Å². The van der Waals surface area contributed by atoms with Gasteiger partial charge in [0.15, 0.2) is 6.61 Å². The number of aryl methyl sites for hydroxylation is 1. The summed E-state index contributed by atoms with van der Waals surface area (Å²) in [7, 11) is -3.98. The van der Waals surface area contributed by atoms with Crippen LogP contribution in [0.25, 0.3) is 0 Å². The largest absolute Gasteiger partial charge is 0.484 e. The van der Waals surface area contributed by atoms with Gasteiger partial charge in [0.1, 0.15) is 12.3 Å². The van der Waals surface area contributed by atoms with Crippen LogP contribution in [0.4, 0.5) is 5.69 Å². The normalized spacial score (nSPS) is 11.4. The Morgan fingerprint density at radius 2 is 1.59 bits per heavy atom. The molecule has 0 bridgehead atoms. The molecule has 37 heavy (non-hydrogen) atoms. The quantitative estimate of drug-likeness (QED) is 0.296. The van der Waals surface area contributed by atoms with Crippen molar-refractivity contribution in [2.24, 2.45) is 5.10 Å². The molecule has 0 aliphatic heterocycles. The number of amides is 2. The van der Waals surface area contributed by atoms with E-state index in [0.29, 0.717) is 17.0 Å². The third-order valence-electron chi connectivity index (χ3n) is 5.04. The van der Waals surface area contributed by atoms with Gasteiger partial charge in [-0.3, -0.25) is 13.9 Å². The molecule has 0 saturated heterocycles. The summed E-state index contributed by atoms with van der Waals surface area (Å²) in [6.07, 6.45) is 1.43. The van der Waals surface area contributed by atoms with Crippen LogP contribution in [-0.4, -0.2) is 45.6 Å². The number of ether oxygens (including phenoxy) is 1. The zero-order valence-electron chi connectivity index (χ0n) is 20.9. The molecule has 2 N–H and O–H groups in total. The molecule has 0 aliphatic rings. The fourth-order valence-corrected chi connectivity index (χ4v) is 4.70. The van der Waals surface area contributed by atoms with Gasteiger partial charge in [-0.25, -0.2) is 13.8 Å². The standard InChI is InChI=1S/C27H30N4O5S/c1-20(2)29-27(33)19-36-24-15-11-22(12-16-24)17-28-30-26(32)18-31(23-13-9-21(3)10-14-23)37(34,35)25-7-5-4-6-8-25/h4-17,20H,18-19H2,1-3H3,(H,29,33)(H,30,32)/b28-17-. The number of sulfonamides is 1. The van der Waals surface area contributed by atoms with Crippen molar-refractivity contribution >= 4 is 33.7 Å². The lowest BCUT2D eigenvalue weighted by atomic mass is 10.2. The molecule has 3 aromatic rings. The summed E-state index contributed by atoms with van der Waals surface area (Å²) in [4.78, 5) is 24.4. The molecule has 0 heterocycles. The SMILES string of the molecule is Cc1ccc(N(CC(=O)N/N=C\c2ccc(OCC(=O)NC(C)C)cc2)S(=O)(=O)c2ccccc2)cc1. The first-order valence-electron chi connectivity index (χ1n) is 11.6. The van der Waals surface area contributed by atoms with Gasteiger partial charge in [0, 0.05) is 6.04 Å². The Morgan fingerprint density at radius 1 is 0.946 bits per heavy atom. The van der Waals surface area contributed by atoms with E-state index in [1.54, 1.807) is 66.7 Å². The molecule has 0 saturated carbocycles. The second-order valence-corrected chi connectivity index (χ2v) is 10.4. The molecule has 0 spiro atoms. The lowest BCUT2D eigenvalue weighted by Gasteiger charge is -2.23. The minimum absolute atomic E-state index is 0.0345. The molecule has 0 aliphatic carbocycles. The van der Waals surface area contributed by atoms with E-state index in [0.717, 1.165) is 9.87 Å². The molecule has 9 nitrogen and oxygen atoms in total. The summed E-state index contributed by atoms with van der Waals surface area (Å²) >= 11 is 0. The Balaban J connectivity index is 1.64. The summed E-state index contributed by atoms with van der Waals surface area (Å²) < 4.78 is 33.1. The number of anilines is 1. The third kappa shape index (κ3) is 8.18. The van der Waals surface area contributed by atoms with Gasteiger partial charge in [-0.15, -0.1) is 0 Å². The number of rotatable bonds is 11. The number of carbonyl (C=O) groups is 2. The van der Waals surface area contributed by atoms with E-state index in [9.17, 15) is 18.0 Å². The van der Waals surface area contributed by atoms with Crippen LogP contribution in [0.15, 0.2) is 88.9 Å². The Kier molecular flexibility index (Phi) is 9.39. The monoisotopic (exact) mass is 522 g/mol. The first-order chi connectivity index (χ1) is 17.6. The Bertz CT molecular complexity index is 1320. The van der Waals surface area contributed by atoms with Crippen molar-refractivity contribution in [3.63, 3.8) is 0 Å². The van der Waals surface area contributed by atoms with Crippen molar-refractivity contribution in [3.05, 3.63) is 90.0 Å². The first kappa shape index (κ1) is 27.4. The van der Waals surface area contributed by atoms with E-state index in [1.807, 2.05) is 20.8 Å². The van der Waals surface area contributed by atoms with Gasteiger partial charge in [0.25, 0.3) is 21.8 Å². The average Bonchev–Trinajstić information content (AvgIpc) is 2.87. The van der Waals surface area contributed by atoms with Crippen LogP contribution in [0.2, 0.25) is 0 Å². The topological polar surface area (TPSA) is 117 Å². The summed E-state index contributed by atoms with van der Waals surface area (Å²) in [5.74, 6) is -0.301. The van der Waals surface area contributed by atoms with Crippen molar-refractivity contribution < 1.29 is 22.7 Å². The van der Waals surface area contributed by atoms with Crippen LogP contribution in [0, 0.1) is 6.92 Å². The zero-order valence-corrected chi connectivity index (χ0v) is 21.7. The molecular formula is C27H30N4O5S. The average molecular weight is 523 g/mol. The van der Waals surface area contributed by atoms with E-state index in [2.05, 4.69) is 15.8 Å². The van der Waals surface area contributed by atoms with Crippen LogP contribution < -0.4 is 19.8 Å². The van der Waals surface area contributed by atoms with Gasteiger partial charge in [0.05, 0.1) is 16.8 Å². The van der Waals surface area contributed by atoms with Crippen LogP contribution in [-0.2, 0) is 19.6 Å². The molecule has 10 heteroatoms. The minimum atomic E-state index is -3.98. The van der Waals surface area contributed by atoms with Crippen LogP contribution in [0.5, 0.6) is 5.75 Å². The molecule has 2 amide bonds. The number of hydrogen-bond acceptors (Lipinski definition) is 6. The number of nitrogens with zero attached hydrogens (tertiary/aromatic N) is 2. The second-order valence-electron chi connectivity index (χ2n) is 8.53. The lowest BCUT2D eigenvalue weighted by molar-refractivity contribution is -0.123. The first-order valence-corrected chi connectivity index (χ1v) is 13.1. The van der Waals surface area contributed by atoms with Gasteiger partial charge in [0.2, 0.25) is 0 Å². The van der Waals surface area contributed by atoms with Crippen LogP contribution in [0.1, 0.15) is 25.0 Å². The number of nitrogens with one attached hydrogen (secondary N) is 2. The van der Waals surface area contributed by atoms with Gasteiger partial charge in [-0.05, 0) is 74.9 Å².